The van der Waals surface area contributed by atoms with Gasteiger partial charge in [-0.05, 0) is 37.8 Å². The molecule has 0 saturated heterocycles. The van der Waals surface area contributed by atoms with Crippen molar-refractivity contribution in [2.24, 2.45) is 0 Å². The zero-order valence-corrected chi connectivity index (χ0v) is 19.1. The first-order chi connectivity index (χ1) is 16.7. The van der Waals surface area contributed by atoms with Crippen LogP contribution in [0.1, 0.15) is 37.3 Å². The van der Waals surface area contributed by atoms with Crippen molar-refractivity contribution in [1.82, 2.24) is 24.6 Å². The van der Waals surface area contributed by atoms with E-state index >= 15 is 0 Å². The van der Waals surface area contributed by atoms with Crippen LogP contribution in [0.25, 0.3) is 39.1 Å². The molecule has 1 fully saturated rings. The number of fused-ring (bicyclic) bond motifs is 3. The van der Waals surface area contributed by atoms with Crippen LogP contribution in [0.3, 0.4) is 0 Å². The highest BCUT2D eigenvalue weighted by atomic mass is 16.5. The number of aromatic amines is 1. The fourth-order valence-corrected chi connectivity index (χ4v) is 5.22. The third-order valence-electron chi connectivity index (χ3n) is 7.33. The van der Waals surface area contributed by atoms with E-state index in [1.54, 1.807) is 7.11 Å². The normalized spacial score (nSPS) is 20.8. The van der Waals surface area contributed by atoms with Gasteiger partial charge in [-0.1, -0.05) is 36.4 Å². The highest BCUT2D eigenvalue weighted by molar-refractivity contribution is 5.86. The van der Waals surface area contributed by atoms with E-state index in [2.05, 4.69) is 34.3 Å². The van der Waals surface area contributed by atoms with Crippen molar-refractivity contribution in [2.75, 3.05) is 13.7 Å². The van der Waals surface area contributed by atoms with Crippen molar-refractivity contribution < 1.29 is 9.84 Å². The topological polar surface area (TPSA) is 88.3 Å². The lowest BCUT2D eigenvalue weighted by molar-refractivity contribution is -0.0784. The van der Waals surface area contributed by atoms with E-state index in [1.807, 2.05) is 47.4 Å². The van der Waals surface area contributed by atoms with Gasteiger partial charge < -0.3 is 14.8 Å². The minimum Gasteiger partial charge on any atom is -0.393 e. The van der Waals surface area contributed by atoms with Gasteiger partial charge in [-0.2, -0.15) is 9.61 Å². The fraction of sp³-hybridized carbons (Fsp3) is 0.296. The van der Waals surface area contributed by atoms with Gasteiger partial charge in [0.1, 0.15) is 5.65 Å². The number of rotatable bonds is 5. The molecule has 6 rings (SSSR count). The quantitative estimate of drug-likeness (QED) is 0.392. The maximum atomic E-state index is 9.84. The highest BCUT2D eigenvalue weighted by Gasteiger charge is 2.36. The summed E-state index contributed by atoms with van der Waals surface area (Å²) in [6.45, 7) is 0.0565. The van der Waals surface area contributed by atoms with Crippen LogP contribution in [-0.4, -0.2) is 49.0 Å². The second-order valence-electron chi connectivity index (χ2n) is 9.15. The van der Waals surface area contributed by atoms with Gasteiger partial charge in [0.05, 0.1) is 29.8 Å². The molecular weight excluding hydrogens is 426 g/mol. The van der Waals surface area contributed by atoms with Crippen LogP contribution in [0.15, 0.2) is 67.1 Å². The molecule has 4 heterocycles. The Labute approximate surface area is 197 Å². The van der Waals surface area contributed by atoms with E-state index in [-0.39, 0.29) is 6.61 Å². The van der Waals surface area contributed by atoms with Crippen LogP contribution in [0.5, 0.6) is 0 Å². The standard InChI is InChI=1S/C27H27N5O2/c1-34-27(17-33)12-9-19(10-13-27)24-21-11-14-28-25(21)32-26(31-24)22(16-30-32)20-7-8-23(29-15-20)18-5-3-2-4-6-18/h2-8,11,14-16,19,28,33H,9-10,12-13,17H2,1H3/t19-,27-. The molecule has 1 aromatic carbocycles. The molecular formula is C27H27N5O2. The Hall–Kier alpha value is -3.55. The van der Waals surface area contributed by atoms with Gasteiger partial charge in [-0.15, -0.1) is 0 Å². The van der Waals surface area contributed by atoms with E-state index < -0.39 is 5.60 Å². The molecule has 0 amide bonds. The summed E-state index contributed by atoms with van der Waals surface area (Å²) in [7, 11) is 1.70. The highest BCUT2D eigenvalue weighted by Crippen LogP contribution is 2.41. The Morgan fingerprint density at radius 3 is 2.59 bits per heavy atom. The lowest BCUT2D eigenvalue weighted by Gasteiger charge is -2.37. The van der Waals surface area contributed by atoms with Crippen LogP contribution in [-0.2, 0) is 4.74 Å². The molecule has 0 spiro atoms. The molecule has 7 nitrogen and oxygen atoms in total. The Morgan fingerprint density at radius 2 is 1.88 bits per heavy atom. The number of aliphatic hydroxyl groups is 1. The minimum atomic E-state index is -0.425. The summed E-state index contributed by atoms with van der Waals surface area (Å²) in [5.74, 6) is 0.305. The summed E-state index contributed by atoms with van der Waals surface area (Å²) in [5, 5.41) is 15.6. The van der Waals surface area contributed by atoms with Gasteiger partial charge >= 0.3 is 0 Å². The van der Waals surface area contributed by atoms with E-state index in [4.69, 9.17) is 14.7 Å². The average Bonchev–Trinajstić information content (AvgIpc) is 3.56. The molecule has 1 aliphatic rings. The van der Waals surface area contributed by atoms with E-state index in [9.17, 15) is 5.11 Å². The maximum absolute atomic E-state index is 9.84. The van der Waals surface area contributed by atoms with Crippen LogP contribution in [0.2, 0.25) is 0 Å². The zero-order valence-electron chi connectivity index (χ0n) is 19.1. The summed E-state index contributed by atoms with van der Waals surface area (Å²) < 4.78 is 7.55. The first-order valence-electron chi connectivity index (χ1n) is 11.7. The lowest BCUT2D eigenvalue weighted by Crippen LogP contribution is -2.39. The Kier molecular flexibility index (Phi) is 5.16. The SMILES string of the molecule is CO[C@]1(CO)CC[C@@H](c2nc3c(-c4ccc(-c5ccccc5)nc4)cnn3c3[nH]ccc32)CC1. The minimum absolute atomic E-state index is 0.0565. The predicted molar refractivity (Wildman–Crippen MR) is 132 cm³/mol. The monoisotopic (exact) mass is 453 g/mol. The van der Waals surface area contributed by atoms with Gasteiger partial charge in [-0.25, -0.2) is 4.98 Å². The maximum Gasteiger partial charge on any atom is 0.165 e. The number of nitrogens with zero attached hydrogens (tertiary/aromatic N) is 4. The number of benzene rings is 1. The zero-order chi connectivity index (χ0) is 23.1. The van der Waals surface area contributed by atoms with Gasteiger partial charge in [-0.3, -0.25) is 4.98 Å². The van der Waals surface area contributed by atoms with Gasteiger partial charge in [0.2, 0.25) is 0 Å². The van der Waals surface area contributed by atoms with Crippen LogP contribution < -0.4 is 0 Å². The molecule has 7 heteroatoms. The molecule has 0 atom stereocenters. The first-order valence-corrected chi connectivity index (χ1v) is 11.7. The van der Waals surface area contributed by atoms with E-state index in [1.165, 1.54) is 0 Å². The fourth-order valence-electron chi connectivity index (χ4n) is 5.22. The Morgan fingerprint density at radius 1 is 1.06 bits per heavy atom. The van der Waals surface area contributed by atoms with E-state index in [0.29, 0.717) is 5.92 Å². The molecule has 0 aliphatic heterocycles. The van der Waals surface area contributed by atoms with Crippen LogP contribution in [0, 0.1) is 0 Å². The van der Waals surface area contributed by atoms with Gasteiger partial charge in [0.15, 0.2) is 5.65 Å². The number of methoxy groups -OCH3 is 1. The Balaban J connectivity index is 1.40. The predicted octanol–water partition coefficient (Wildman–Crippen LogP) is 4.97. The number of hydrogen-bond donors (Lipinski definition) is 2. The van der Waals surface area contributed by atoms with Crippen molar-refractivity contribution in [2.45, 2.75) is 37.2 Å². The van der Waals surface area contributed by atoms with Crippen molar-refractivity contribution >= 4 is 16.7 Å². The number of hydrogen-bond acceptors (Lipinski definition) is 5. The molecule has 0 unspecified atom stereocenters. The number of pyridine rings is 1. The van der Waals surface area contributed by atoms with Gasteiger partial charge in [0, 0.05) is 47.5 Å². The smallest absolute Gasteiger partial charge is 0.165 e. The lowest BCUT2D eigenvalue weighted by atomic mass is 9.77. The van der Waals surface area contributed by atoms with Crippen molar-refractivity contribution in [3.05, 3.63) is 72.8 Å². The molecule has 34 heavy (non-hydrogen) atoms. The summed E-state index contributed by atoms with van der Waals surface area (Å²) in [6, 6.07) is 16.4. The van der Waals surface area contributed by atoms with Crippen LogP contribution >= 0.6 is 0 Å². The number of H-pyrrole nitrogens is 1. The third kappa shape index (κ3) is 3.40. The number of nitrogens with one attached hydrogen (secondary N) is 1. The summed E-state index contributed by atoms with van der Waals surface area (Å²) >= 11 is 0. The Bertz CT molecular complexity index is 1420. The largest absolute Gasteiger partial charge is 0.393 e. The first kappa shape index (κ1) is 21.0. The van der Waals surface area contributed by atoms with Gasteiger partial charge in [0.25, 0.3) is 0 Å². The molecule has 1 saturated carbocycles. The summed E-state index contributed by atoms with van der Waals surface area (Å²) in [6.07, 6.45) is 9.20. The van der Waals surface area contributed by atoms with Crippen molar-refractivity contribution in [1.29, 1.82) is 0 Å². The number of aliphatic hydroxyl groups excluding tert-OH is 1. The third-order valence-corrected chi connectivity index (χ3v) is 7.33. The number of ether oxygens (including phenoxy) is 1. The molecule has 0 bridgehead atoms. The number of aromatic nitrogens is 5. The van der Waals surface area contributed by atoms with E-state index in [0.717, 1.165) is 70.4 Å². The molecule has 5 aromatic rings. The van der Waals surface area contributed by atoms with Crippen LogP contribution in [0.4, 0.5) is 0 Å². The molecule has 1 aliphatic carbocycles. The summed E-state index contributed by atoms with van der Waals surface area (Å²) in [5.41, 5.74) is 6.41. The average molecular weight is 454 g/mol. The summed E-state index contributed by atoms with van der Waals surface area (Å²) in [4.78, 5) is 13.2. The molecule has 2 N–H and O–H groups in total. The molecule has 0 radical (unpaired) electrons. The second-order valence-corrected chi connectivity index (χ2v) is 9.15. The molecule has 172 valence electrons. The van der Waals surface area contributed by atoms with Crippen molar-refractivity contribution in [3.63, 3.8) is 0 Å². The van der Waals surface area contributed by atoms with Crippen molar-refractivity contribution in [3.8, 4) is 22.4 Å². The second kappa shape index (κ2) is 8.34. The molecule has 4 aromatic heterocycles.